The third-order valence-corrected chi connectivity index (χ3v) is 3.08. The third kappa shape index (κ3) is 3.31. The van der Waals surface area contributed by atoms with Gasteiger partial charge in [0.15, 0.2) is 0 Å². The molecule has 0 radical (unpaired) electrons. The van der Waals surface area contributed by atoms with Crippen LogP contribution in [-0.4, -0.2) is 31.1 Å². The molecule has 6 heteroatoms. The van der Waals surface area contributed by atoms with Crippen molar-refractivity contribution in [1.29, 1.82) is 0 Å². The standard InChI is InChI=1S/C10H18N2O3S/c1-5-12-9(3)10(8(2)11-12)6-7-15-16(4,13)14/h5-7H2,1-4H3. The molecule has 1 heterocycles. The maximum absolute atomic E-state index is 10.8. The van der Waals surface area contributed by atoms with Crippen molar-refractivity contribution in [2.24, 2.45) is 0 Å². The van der Waals surface area contributed by atoms with Gasteiger partial charge in [-0.05, 0) is 26.3 Å². The SMILES string of the molecule is CCn1nc(C)c(CCOS(C)(=O)=O)c1C. The molecule has 0 aromatic carbocycles. The summed E-state index contributed by atoms with van der Waals surface area (Å²) in [4.78, 5) is 0. The van der Waals surface area contributed by atoms with Gasteiger partial charge in [-0.15, -0.1) is 0 Å². The van der Waals surface area contributed by atoms with Gasteiger partial charge in [-0.3, -0.25) is 8.86 Å². The molecular formula is C10H18N2O3S. The summed E-state index contributed by atoms with van der Waals surface area (Å²) in [7, 11) is -3.35. The molecule has 16 heavy (non-hydrogen) atoms. The topological polar surface area (TPSA) is 61.2 Å². The van der Waals surface area contributed by atoms with Gasteiger partial charge in [0.2, 0.25) is 0 Å². The van der Waals surface area contributed by atoms with Crippen molar-refractivity contribution in [2.75, 3.05) is 12.9 Å². The van der Waals surface area contributed by atoms with Gasteiger partial charge in [0.05, 0.1) is 18.6 Å². The van der Waals surface area contributed by atoms with Crippen molar-refractivity contribution < 1.29 is 12.6 Å². The van der Waals surface area contributed by atoms with Crippen molar-refractivity contribution in [3.63, 3.8) is 0 Å². The Morgan fingerprint density at radius 2 is 2.00 bits per heavy atom. The highest BCUT2D eigenvalue weighted by Crippen LogP contribution is 2.13. The number of nitrogens with zero attached hydrogens (tertiary/aromatic N) is 2. The van der Waals surface area contributed by atoms with E-state index in [4.69, 9.17) is 4.18 Å². The van der Waals surface area contributed by atoms with E-state index < -0.39 is 10.1 Å². The van der Waals surface area contributed by atoms with E-state index >= 15 is 0 Å². The molecule has 0 aliphatic carbocycles. The Morgan fingerprint density at radius 1 is 1.38 bits per heavy atom. The fourth-order valence-electron chi connectivity index (χ4n) is 1.70. The Kier molecular flexibility index (Phi) is 4.09. The Morgan fingerprint density at radius 3 is 2.44 bits per heavy atom. The van der Waals surface area contributed by atoms with Crippen LogP contribution in [0.1, 0.15) is 23.9 Å². The predicted octanol–water partition coefficient (Wildman–Crippen LogP) is 1.04. The second-order valence-electron chi connectivity index (χ2n) is 3.74. The summed E-state index contributed by atoms with van der Waals surface area (Å²) < 4.78 is 28.2. The van der Waals surface area contributed by atoms with Crippen LogP contribution in [0.5, 0.6) is 0 Å². The van der Waals surface area contributed by atoms with Gasteiger partial charge in [0, 0.05) is 18.7 Å². The lowest BCUT2D eigenvalue weighted by Gasteiger charge is -2.03. The molecular weight excluding hydrogens is 228 g/mol. The average molecular weight is 246 g/mol. The van der Waals surface area contributed by atoms with Crippen molar-refractivity contribution in [1.82, 2.24) is 9.78 Å². The van der Waals surface area contributed by atoms with E-state index in [2.05, 4.69) is 5.10 Å². The van der Waals surface area contributed by atoms with E-state index in [9.17, 15) is 8.42 Å². The molecule has 0 unspecified atom stereocenters. The van der Waals surface area contributed by atoms with E-state index in [-0.39, 0.29) is 6.61 Å². The van der Waals surface area contributed by atoms with Crippen molar-refractivity contribution in [3.05, 3.63) is 17.0 Å². The van der Waals surface area contributed by atoms with Crippen LogP contribution in [0, 0.1) is 13.8 Å². The van der Waals surface area contributed by atoms with Gasteiger partial charge in [0.1, 0.15) is 0 Å². The van der Waals surface area contributed by atoms with E-state index in [1.54, 1.807) is 0 Å². The molecule has 0 spiro atoms. The minimum absolute atomic E-state index is 0.177. The number of rotatable bonds is 5. The van der Waals surface area contributed by atoms with Crippen LogP contribution >= 0.6 is 0 Å². The first-order valence-electron chi connectivity index (χ1n) is 5.22. The molecule has 0 N–H and O–H groups in total. The van der Waals surface area contributed by atoms with Crippen LogP contribution in [0.3, 0.4) is 0 Å². The highest BCUT2D eigenvalue weighted by atomic mass is 32.2. The van der Waals surface area contributed by atoms with Crippen molar-refractivity contribution >= 4 is 10.1 Å². The monoisotopic (exact) mass is 246 g/mol. The maximum atomic E-state index is 10.8. The maximum Gasteiger partial charge on any atom is 0.264 e. The minimum Gasteiger partial charge on any atom is -0.270 e. The lowest BCUT2D eigenvalue weighted by molar-refractivity contribution is 0.325. The molecule has 1 rings (SSSR count). The molecule has 0 amide bonds. The first-order valence-corrected chi connectivity index (χ1v) is 7.04. The van der Waals surface area contributed by atoms with Crippen LogP contribution < -0.4 is 0 Å². The molecule has 0 saturated heterocycles. The first-order chi connectivity index (χ1) is 7.35. The van der Waals surface area contributed by atoms with Gasteiger partial charge >= 0.3 is 0 Å². The zero-order valence-corrected chi connectivity index (χ0v) is 11.0. The van der Waals surface area contributed by atoms with Crippen LogP contribution in [0.2, 0.25) is 0 Å². The number of hydrogen-bond acceptors (Lipinski definition) is 4. The Bertz CT molecular complexity index is 463. The molecule has 1 aromatic rings. The van der Waals surface area contributed by atoms with Gasteiger partial charge in [0.25, 0.3) is 10.1 Å². The molecule has 1 aromatic heterocycles. The predicted molar refractivity (Wildman–Crippen MR) is 61.9 cm³/mol. The molecule has 92 valence electrons. The quantitative estimate of drug-likeness (QED) is 0.728. The third-order valence-electron chi connectivity index (χ3n) is 2.48. The molecule has 0 bridgehead atoms. The smallest absolute Gasteiger partial charge is 0.264 e. The molecule has 0 saturated carbocycles. The summed E-state index contributed by atoms with van der Waals surface area (Å²) in [5.74, 6) is 0. The summed E-state index contributed by atoms with van der Waals surface area (Å²) in [5, 5.41) is 4.36. The normalized spacial score (nSPS) is 12.0. The highest BCUT2D eigenvalue weighted by molar-refractivity contribution is 7.85. The Labute approximate surface area is 96.5 Å². The minimum atomic E-state index is -3.35. The molecule has 0 aliphatic rings. The first kappa shape index (κ1) is 13.2. The summed E-state index contributed by atoms with van der Waals surface area (Å²) in [6, 6.07) is 0. The van der Waals surface area contributed by atoms with E-state index in [0.29, 0.717) is 6.42 Å². The summed E-state index contributed by atoms with van der Waals surface area (Å²) in [5.41, 5.74) is 3.10. The van der Waals surface area contributed by atoms with Crippen molar-refractivity contribution in [2.45, 2.75) is 33.7 Å². The Balaban J connectivity index is 2.71. The Hall–Kier alpha value is -0.880. The number of hydrogen-bond donors (Lipinski definition) is 0. The molecule has 5 nitrogen and oxygen atoms in total. The summed E-state index contributed by atoms with van der Waals surface area (Å²) in [6.45, 7) is 6.93. The lowest BCUT2D eigenvalue weighted by atomic mass is 10.1. The fraction of sp³-hybridized carbons (Fsp3) is 0.700. The van der Waals surface area contributed by atoms with Crippen LogP contribution in [0.4, 0.5) is 0 Å². The van der Waals surface area contributed by atoms with Gasteiger partial charge in [-0.25, -0.2) is 0 Å². The average Bonchev–Trinajstić information content (AvgIpc) is 2.42. The van der Waals surface area contributed by atoms with E-state index in [1.165, 1.54) is 0 Å². The van der Waals surface area contributed by atoms with Gasteiger partial charge < -0.3 is 0 Å². The zero-order valence-electron chi connectivity index (χ0n) is 10.1. The van der Waals surface area contributed by atoms with Crippen molar-refractivity contribution in [3.8, 4) is 0 Å². The van der Waals surface area contributed by atoms with Crippen LogP contribution in [0.15, 0.2) is 0 Å². The zero-order chi connectivity index (χ0) is 12.3. The van der Waals surface area contributed by atoms with Crippen LogP contribution in [-0.2, 0) is 27.3 Å². The second kappa shape index (κ2) is 4.97. The largest absolute Gasteiger partial charge is 0.270 e. The van der Waals surface area contributed by atoms with Crippen LogP contribution in [0.25, 0.3) is 0 Å². The summed E-state index contributed by atoms with van der Waals surface area (Å²) >= 11 is 0. The molecule has 0 fully saturated rings. The van der Waals surface area contributed by atoms with Gasteiger partial charge in [-0.2, -0.15) is 13.5 Å². The molecule has 0 atom stereocenters. The van der Waals surface area contributed by atoms with Gasteiger partial charge in [-0.1, -0.05) is 0 Å². The number of aromatic nitrogens is 2. The lowest BCUT2D eigenvalue weighted by Crippen LogP contribution is -2.07. The second-order valence-corrected chi connectivity index (χ2v) is 5.39. The molecule has 0 aliphatic heterocycles. The van der Waals surface area contributed by atoms with E-state index in [1.807, 2.05) is 25.5 Å². The summed E-state index contributed by atoms with van der Waals surface area (Å²) in [6.07, 6.45) is 1.63. The highest BCUT2D eigenvalue weighted by Gasteiger charge is 2.11. The fourth-order valence-corrected chi connectivity index (χ4v) is 2.08. The number of aryl methyl sites for hydroxylation is 2. The van der Waals surface area contributed by atoms with E-state index in [0.717, 1.165) is 29.8 Å².